The van der Waals surface area contributed by atoms with Gasteiger partial charge in [0.1, 0.15) is 5.82 Å². The van der Waals surface area contributed by atoms with Crippen molar-refractivity contribution in [3.63, 3.8) is 0 Å². The minimum Gasteiger partial charge on any atom is -0.385 e. The number of nitrogens with one attached hydrogen (secondary N) is 3. The number of aromatic nitrogens is 2. The van der Waals surface area contributed by atoms with Crippen LogP contribution in [-0.4, -0.2) is 77.8 Å². The Morgan fingerprint density at radius 1 is 1.14 bits per heavy atom. The molecular weight excluding hydrogens is 500 g/mol. The number of hydrogen-bond donors (Lipinski definition) is 3. The average molecular weight is 535 g/mol. The van der Waals surface area contributed by atoms with Gasteiger partial charge in [-0.05, 0) is 45.2 Å². The van der Waals surface area contributed by atoms with Gasteiger partial charge in [0.15, 0.2) is 0 Å². The number of amides is 3. The van der Waals surface area contributed by atoms with Gasteiger partial charge < -0.3 is 20.1 Å². The van der Waals surface area contributed by atoms with Crippen LogP contribution in [0.4, 0.5) is 5.82 Å². The number of rotatable bonds is 10. The number of carbonyl (C=O) groups excluding carboxylic acids is 3. The highest BCUT2D eigenvalue weighted by atomic mass is 35.5. The van der Waals surface area contributed by atoms with Gasteiger partial charge in [0.2, 0.25) is 11.4 Å². The standard InChI is InChI=1S/C25H34N6O5.ClH/c1-15-10-11-17-16(14-15)20(29-21(27-17)22(32)26-12-7-13-35-3)28-18-8-5-6-9-19(18)30-31-23(33)25(2,36-4)24(31)34;/h10-11,14,18-19,30H,5-9,12-13H2,1-4H3,(H,26,32)(H,27,28,29);1H/t18-,19+;/m0./s1. The number of aryl methyl sites for hydroxylation is 1. The first-order chi connectivity index (χ1) is 17.3. The molecule has 1 aromatic carbocycles. The van der Waals surface area contributed by atoms with Crippen LogP contribution in [0.2, 0.25) is 0 Å². The smallest absolute Gasteiger partial charge is 0.289 e. The van der Waals surface area contributed by atoms with E-state index in [2.05, 4.69) is 26.0 Å². The van der Waals surface area contributed by atoms with E-state index < -0.39 is 17.4 Å². The molecule has 1 saturated carbocycles. The third kappa shape index (κ3) is 5.85. The first kappa shape index (κ1) is 28.7. The van der Waals surface area contributed by atoms with Crippen molar-refractivity contribution in [2.75, 3.05) is 32.7 Å². The van der Waals surface area contributed by atoms with Crippen molar-refractivity contribution >= 4 is 46.8 Å². The molecule has 1 aliphatic carbocycles. The normalized spacial score (nSPS) is 20.8. The topological polar surface area (TPSA) is 135 Å². The van der Waals surface area contributed by atoms with E-state index in [0.29, 0.717) is 30.9 Å². The van der Waals surface area contributed by atoms with Crippen molar-refractivity contribution in [3.8, 4) is 0 Å². The van der Waals surface area contributed by atoms with E-state index in [1.54, 1.807) is 7.11 Å². The van der Waals surface area contributed by atoms with E-state index in [4.69, 9.17) is 9.47 Å². The van der Waals surface area contributed by atoms with Crippen molar-refractivity contribution in [1.82, 2.24) is 25.7 Å². The van der Waals surface area contributed by atoms with Crippen LogP contribution in [-0.2, 0) is 19.1 Å². The zero-order valence-electron chi connectivity index (χ0n) is 21.6. The minimum atomic E-state index is -1.43. The summed E-state index contributed by atoms with van der Waals surface area (Å²) in [6, 6.07) is 5.49. The molecule has 1 saturated heterocycles. The lowest BCUT2D eigenvalue weighted by molar-refractivity contribution is -0.196. The van der Waals surface area contributed by atoms with Gasteiger partial charge in [-0.25, -0.2) is 20.4 Å². The summed E-state index contributed by atoms with van der Waals surface area (Å²) >= 11 is 0. The number of hydrogen-bond acceptors (Lipinski definition) is 9. The summed E-state index contributed by atoms with van der Waals surface area (Å²) in [5.41, 5.74) is 3.37. The summed E-state index contributed by atoms with van der Waals surface area (Å²) in [6.07, 6.45) is 4.22. The Hall–Kier alpha value is -2.86. The first-order valence-corrected chi connectivity index (χ1v) is 12.3. The SMILES string of the molecule is COCCCNC(=O)c1nc(N[C@H]2CCCC[C@H]2NN2C(=O)C(C)(OC)C2=O)c2cc(C)ccc2n1.Cl. The molecule has 0 bridgehead atoms. The summed E-state index contributed by atoms with van der Waals surface area (Å²) in [5.74, 6) is -0.543. The fraction of sp³-hybridized carbons (Fsp3) is 0.560. The quantitative estimate of drug-likeness (QED) is 0.238. The molecule has 4 rings (SSSR count). The fourth-order valence-electron chi connectivity index (χ4n) is 4.60. The molecule has 2 heterocycles. The molecule has 2 fully saturated rings. The fourth-order valence-corrected chi connectivity index (χ4v) is 4.60. The second-order valence-electron chi connectivity index (χ2n) is 9.47. The third-order valence-corrected chi connectivity index (χ3v) is 6.88. The highest BCUT2D eigenvalue weighted by molar-refractivity contribution is 6.24. The molecule has 0 radical (unpaired) electrons. The van der Waals surface area contributed by atoms with Gasteiger partial charge in [0.05, 0.1) is 5.52 Å². The Morgan fingerprint density at radius 3 is 2.51 bits per heavy atom. The lowest BCUT2D eigenvalue weighted by Crippen LogP contribution is -2.76. The van der Waals surface area contributed by atoms with Crippen LogP contribution in [0.25, 0.3) is 10.9 Å². The molecule has 1 aliphatic heterocycles. The summed E-state index contributed by atoms with van der Waals surface area (Å²) in [7, 11) is 2.97. The van der Waals surface area contributed by atoms with Crippen LogP contribution in [0.3, 0.4) is 0 Å². The number of halogens is 1. The predicted octanol–water partition coefficient (Wildman–Crippen LogP) is 2.13. The molecule has 3 N–H and O–H groups in total. The summed E-state index contributed by atoms with van der Waals surface area (Å²) in [6.45, 7) is 4.46. The Bertz CT molecular complexity index is 1150. The molecule has 0 unspecified atom stereocenters. The zero-order chi connectivity index (χ0) is 25.9. The van der Waals surface area contributed by atoms with Gasteiger partial charge in [0.25, 0.3) is 17.7 Å². The number of imide groups is 1. The van der Waals surface area contributed by atoms with E-state index in [0.717, 1.165) is 41.6 Å². The number of methoxy groups -OCH3 is 2. The second kappa shape index (κ2) is 12.1. The maximum absolute atomic E-state index is 12.8. The molecule has 0 spiro atoms. The highest BCUT2D eigenvalue weighted by Gasteiger charge is 2.59. The van der Waals surface area contributed by atoms with Crippen molar-refractivity contribution in [2.24, 2.45) is 0 Å². The number of β-lactam (4-membered cyclic amide) rings is 2. The minimum absolute atomic E-state index is 0. The second-order valence-corrected chi connectivity index (χ2v) is 9.47. The van der Waals surface area contributed by atoms with E-state index in [1.807, 2.05) is 25.1 Å². The molecule has 2 aliphatic rings. The summed E-state index contributed by atoms with van der Waals surface area (Å²) < 4.78 is 10.1. The molecule has 2 atom stereocenters. The number of benzene rings is 1. The van der Waals surface area contributed by atoms with Crippen LogP contribution in [0.1, 0.15) is 55.2 Å². The van der Waals surface area contributed by atoms with Gasteiger partial charge in [-0.2, -0.15) is 0 Å². The predicted molar refractivity (Wildman–Crippen MR) is 140 cm³/mol. The summed E-state index contributed by atoms with van der Waals surface area (Å²) in [5, 5.41) is 8.19. The van der Waals surface area contributed by atoms with Crippen molar-refractivity contribution in [2.45, 2.75) is 63.6 Å². The van der Waals surface area contributed by atoms with Crippen molar-refractivity contribution in [3.05, 3.63) is 29.6 Å². The van der Waals surface area contributed by atoms with E-state index in [9.17, 15) is 14.4 Å². The van der Waals surface area contributed by atoms with Gasteiger partial charge in [-0.3, -0.25) is 14.4 Å². The number of hydrazine groups is 1. The number of nitrogens with zero attached hydrogens (tertiary/aromatic N) is 3. The molecule has 11 nitrogen and oxygen atoms in total. The van der Waals surface area contributed by atoms with Crippen LogP contribution in [0, 0.1) is 6.92 Å². The van der Waals surface area contributed by atoms with Crippen LogP contribution in [0.5, 0.6) is 0 Å². The molecule has 1 aromatic heterocycles. The monoisotopic (exact) mass is 534 g/mol. The molecule has 12 heteroatoms. The van der Waals surface area contributed by atoms with Gasteiger partial charge in [-0.1, -0.05) is 24.5 Å². The number of anilines is 1. The number of fused-ring (bicyclic) bond motifs is 1. The number of ether oxygens (including phenoxy) is 2. The van der Waals surface area contributed by atoms with Gasteiger partial charge >= 0.3 is 0 Å². The van der Waals surface area contributed by atoms with Gasteiger partial charge in [-0.15, -0.1) is 12.4 Å². The van der Waals surface area contributed by atoms with Crippen molar-refractivity contribution < 1.29 is 23.9 Å². The van der Waals surface area contributed by atoms with Gasteiger partial charge in [0, 0.05) is 44.8 Å². The highest BCUT2D eigenvalue weighted by Crippen LogP contribution is 2.30. The first-order valence-electron chi connectivity index (χ1n) is 12.3. The van der Waals surface area contributed by atoms with E-state index >= 15 is 0 Å². The molecule has 202 valence electrons. The van der Waals surface area contributed by atoms with E-state index in [1.165, 1.54) is 14.0 Å². The Balaban J connectivity index is 0.00000380. The summed E-state index contributed by atoms with van der Waals surface area (Å²) in [4.78, 5) is 46.9. The molecular formula is C25H35ClN6O5. The van der Waals surface area contributed by atoms with E-state index in [-0.39, 0.29) is 36.2 Å². The Morgan fingerprint density at radius 2 is 1.84 bits per heavy atom. The van der Waals surface area contributed by atoms with Crippen LogP contribution >= 0.6 is 12.4 Å². The maximum atomic E-state index is 12.8. The molecule has 2 aromatic rings. The molecule has 37 heavy (non-hydrogen) atoms. The lowest BCUT2D eigenvalue weighted by atomic mass is 9.89. The molecule has 3 amide bonds. The van der Waals surface area contributed by atoms with Crippen LogP contribution < -0.4 is 16.1 Å². The lowest BCUT2D eigenvalue weighted by Gasteiger charge is -2.45. The van der Waals surface area contributed by atoms with Crippen LogP contribution in [0.15, 0.2) is 18.2 Å². The maximum Gasteiger partial charge on any atom is 0.289 e. The van der Waals surface area contributed by atoms with Crippen molar-refractivity contribution in [1.29, 1.82) is 0 Å². The average Bonchev–Trinajstić information content (AvgIpc) is 2.89. The largest absolute Gasteiger partial charge is 0.385 e. The Labute approximate surface area is 222 Å². The third-order valence-electron chi connectivity index (χ3n) is 6.88. The zero-order valence-corrected chi connectivity index (χ0v) is 22.4. The number of carbonyl (C=O) groups is 3. The Kier molecular flexibility index (Phi) is 9.41.